The number of alkyl halides is 3. The van der Waals surface area contributed by atoms with Gasteiger partial charge in [0.15, 0.2) is 9.84 Å². The number of nitrogens with one attached hydrogen (secondary N) is 2. The largest absolute Gasteiger partial charge is 0.468 e. The minimum atomic E-state index is -4.94. The molecule has 1 heterocycles. The molecule has 0 fully saturated rings. The Morgan fingerprint density at radius 1 is 1.38 bits per heavy atom. The van der Waals surface area contributed by atoms with Crippen LogP contribution in [0.2, 0.25) is 0 Å². The molecule has 9 nitrogen and oxygen atoms in total. The zero-order valence-corrected chi connectivity index (χ0v) is 15.9. The number of sulfone groups is 1. The van der Waals surface area contributed by atoms with Crippen molar-refractivity contribution in [2.45, 2.75) is 11.1 Å². The van der Waals surface area contributed by atoms with Gasteiger partial charge in [-0.3, -0.25) is 10.2 Å². The second-order valence-electron chi connectivity index (χ2n) is 5.62. The number of benzene rings is 1. The Hall–Kier alpha value is -3.22. The maximum Gasteiger partial charge on any atom is 0.432 e. The zero-order chi connectivity index (χ0) is 21.8. The first kappa shape index (κ1) is 22.1. The molecule has 13 heteroatoms. The van der Waals surface area contributed by atoms with Crippen molar-refractivity contribution in [1.82, 2.24) is 15.5 Å². The van der Waals surface area contributed by atoms with E-state index in [0.717, 1.165) is 13.4 Å². The Morgan fingerprint density at radius 3 is 2.66 bits per heavy atom. The van der Waals surface area contributed by atoms with Crippen LogP contribution in [0.5, 0.6) is 0 Å². The van der Waals surface area contributed by atoms with Gasteiger partial charge in [0.1, 0.15) is 12.3 Å². The fourth-order valence-corrected chi connectivity index (χ4v) is 2.64. The van der Waals surface area contributed by atoms with Crippen molar-refractivity contribution >= 4 is 27.2 Å². The van der Waals surface area contributed by atoms with Crippen LogP contribution < -0.4 is 5.32 Å². The first-order valence-corrected chi connectivity index (χ1v) is 9.63. The van der Waals surface area contributed by atoms with Crippen molar-refractivity contribution in [2.75, 3.05) is 19.9 Å². The third-order valence-corrected chi connectivity index (χ3v) is 4.53. The van der Waals surface area contributed by atoms with E-state index in [1.807, 2.05) is 0 Å². The number of nitrogens with zero attached hydrogens (tertiary/aromatic N) is 2. The third kappa shape index (κ3) is 5.88. The fourth-order valence-electron chi connectivity index (χ4n) is 1.97. The summed E-state index contributed by atoms with van der Waals surface area (Å²) in [5, 5.41) is 13.0. The van der Waals surface area contributed by atoms with E-state index in [4.69, 9.17) is 9.93 Å². The highest BCUT2D eigenvalue weighted by Crippen LogP contribution is 2.23. The van der Waals surface area contributed by atoms with Crippen LogP contribution in [0.4, 0.5) is 13.2 Å². The van der Waals surface area contributed by atoms with E-state index in [0.29, 0.717) is 6.08 Å². The number of hydrogen-bond acceptors (Lipinski definition) is 9. The molecule has 0 saturated carbocycles. The van der Waals surface area contributed by atoms with Crippen molar-refractivity contribution in [3.05, 3.63) is 36.2 Å². The van der Waals surface area contributed by atoms with Gasteiger partial charge in [-0.25, -0.2) is 8.42 Å². The summed E-state index contributed by atoms with van der Waals surface area (Å²) in [6, 6.07) is 5.51. The van der Waals surface area contributed by atoms with Gasteiger partial charge in [0.2, 0.25) is 5.82 Å². The molecular formula is C16H15F3N4O5S. The van der Waals surface area contributed by atoms with Crippen LogP contribution >= 0.6 is 0 Å². The predicted molar refractivity (Wildman–Crippen MR) is 94.6 cm³/mol. The summed E-state index contributed by atoms with van der Waals surface area (Å²) in [5.74, 6) is -1.32. The molecule has 2 N–H and O–H groups in total. The Bertz CT molecular complexity index is 1060. The summed E-state index contributed by atoms with van der Waals surface area (Å²) in [6.07, 6.45) is -3.54. The van der Waals surface area contributed by atoms with E-state index in [2.05, 4.69) is 20.2 Å². The molecule has 29 heavy (non-hydrogen) atoms. The lowest BCUT2D eigenvalue weighted by atomic mass is 10.2. The van der Waals surface area contributed by atoms with E-state index in [1.165, 1.54) is 24.3 Å². The van der Waals surface area contributed by atoms with Gasteiger partial charge in [0, 0.05) is 11.8 Å². The monoisotopic (exact) mass is 432 g/mol. The number of halogens is 3. The van der Waals surface area contributed by atoms with Crippen LogP contribution in [0, 0.1) is 5.41 Å². The van der Waals surface area contributed by atoms with Gasteiger partial charge in [0.25, 0.3) is 5.89 Å². The number of hydrogen-bond donors (Lipinski definition) is 2. The van der Waals surface area contributed by atoms with E-state index < -0.39 is 39.9 Å². The molecule has 1 aromatic carbocycles. The minimum Gasteiger partial charge on any atom is -0.468 e. The number of allylic oxidation sites excluding steroid dienone is 1. The van der Waals surface area contributed by atoms with E-state index in [-0.39, 0.29) is 22.2 Å². The second-order valence-corrected chi connectivity index (χ2v) is 7.64. The fraction of sp³-hybridized carbons (Fsp3) is 0.250. The highest BCUT2D eigenvalue weighted by molar-refractivity contribution is 7.90. The Balaban J connectivity index is 2.41. The van der Waals surface area contributed by atoms with Crippen LogP contribution in [0.25, 0.3) is 17.2 Å². The first-order chi connectivity index (χ1) is 13.4. The lowest BCUT2D eigenvalue weighted by molar-refractivity contribution is -0.139. The van der Waals surface area contributed by atoms with Crippen molar-refractivity contribution in [2.24, 2.45) is 0 Å². The standard InChI is InChI=1S/C16H15F3N4O5S/c1-27-13(24)8-21-11(7-12(20)16(17,18)19)14-22-15(28-23-14)9-4-3-5-10(6-9)29(2,25)26/h3-7,20-21H,8H2,1-2H3/b11-7-,20-12?. The molecule has 2 rings (SSSR count). The number of methoxy groups -OCH3 is 1. The molecule has 0 amide bonds. The van der Waals surface area contributed by atoms with Gasteiger partial charge in [-0.2, -0.15) is 18.2 Å². The summed E-state index contributed by atoms with van der Waals surface area (Å²) < 4.78 is 70.8. The molecule has 0 bridgehead atoms. The number of carbonyl (C=O) groups excluding carboxylic acids is 1. The van der Waals surface area contributed by atoms with Crippen LogP contribution in [-0.2, 0) is 19.4 Å². The van der Waals surface area contributed by atoms with Gasteiger partial charge in [-0.05, 0) is 24.3 Å². The minimum absolute atomic E-state index is 0.0202. The number of aromatic nitrogens is 2. The molecule has 156 valence electrons. The Kier molecular flexibility index (Phi) is 6.41. The normalized spacial score (nSPS) is 12.5. The van der Waals surface area contributed by atoms with Crippen LogP contribution in [0.3, 0.4) is 0 Å². The Labute approximate surface area is 163 Å². The lowest BCUT2D eigenvalue weighted by Gasteiger charge is -2.08. The van der Waals surface area contributed by atoms with Gasteiger partial charge >= 0.3 is 12.1 Å². The molecule has 0 aliphatic carbocycles. The van der Waals surface area contributed by atoms with Crippen LogP contribution in [0.1, 0.15) is 5.82 Å². The maximum atomic E-state index is 12.7. The van der Waals surface area contributed by atoms with Gasteiger partial charge in [0.05, 0.1) is 17.7 Å². The van der Waals surface area contributed by atoms with Gasteiger partial charge in [-0.1, -0.05) is 11.2 Å². The SMILES string of the molecule is COC(=O)CN/C(=C\C(=N)C(F)(F)F)c1noc(-c2cccc(S(C)(=O)=O)c2)n1. The average Bonchev–Trinajstić information content (AvgIpc) is 3.13. The lowest BCUT2D eigenvalue weighted by Crippen LogP contribution is -2.26. The van der Waals surface area contributed by atoms with Crippen LogP contribution in [-0.4, -0.2) is 56.3 Å². The number of rotatable bonds is 7. The molecule has 0 aliphatic heterocycles. The van der Waals surface area contributed by atoms with Crippen molar-refractivity contribution < 1.29 is 35.6 Å². The maximum absolute atomic E-state index is 12.7. The molecule has 0 unspecified atom stereocenters. The highest BCUT2D eigenvalue weighted by atomic mass is 32.2. The summed E-state index contributed by atoms with van der Waals surface area (Å²) in [6.45, 7) is -0.513. The molecule has 0 atom stereocenters. The molecule has 0 radical (unpaired) electrons. The van der Waals surface area contributed by atoms with E-state index in [1.54, 1.807) is 0 Å². The molecule has 1 aromatic heterocycles. The Morgan fingerprint density at radius 2 is 2.07 bits per heavy atom. The topological polar surface area (TPSA) is 135 Å². The van der Waals surface area contributed by atoms with Crippen molar-refractivity contribution in [3.8, 4) is 11.5 Å². The van der Waals surface area contributed by atoms with E-state index >= 15 is 0 Å². The van der Waals surface area contributed by atoms with Gasteiger partial charge in [-0.15, -0.1) is 0 Å². The number of carbonyl (C=O) groups is 1. The summed E-state index contributed by atoms with van der Waals surface area (Å²) in [7, 11) is -2.42. The van der Waals surface area contributed by atoms with Crippen molar-refractivity contribution in [1.29, 1.82) is 5.41 Å². The summed E-state index contributed by atoms with van der Waals surface area (Å²) >= 11 is 0. The molecule has 2 aromatic rings. The molecule has 0 aliphatic rings. The third-order valence-electron chi connectivity index (χ3n) is 3.42. The number of esters is 1. The number of ether oxygens (including phenoxy) is 1. The van der Waals surface area contributed by atoms with Crippen LogP contribution in [0.15, 0.2) is 39.8 Å². The van der Waals surface area contributed by atoms with E-state index in [9.17, 15) is 26.4 Å². The zero-order valence-electron chi connectivity index (χ0n) is 15.1. The predicted octanol–water partition coefficient (Wildman–Crippen LogP) is 1.83. The first-order valence-electron chi connectivity index (χ1n) is 7.74. The summed E-state index contributed by atoms with van der Waals surface area (Å²) in [4.78, 5) is 15.2. The average molecular weight is 432 g/mol. The summed E-state index contributed by atoms with van der Waals surface area (Å²) in [5.41, 5.74) is -1.91. The van der Waals surface area contributed by atoms with Crippen molar-refractivity contribution in [3.63, 3.8) is 0 Å². The molecule has 0 spiro atoms. The second kappa shape index (κ2) is 8.43. The molecular weight excluding hydrogens is 417 g/mol. The van der Waals surface area contributed by atoms with Gasteiger partial charge < -0.3 is 14.6 Å². The smallest absolute Gasteiger partial charge is 0.432 e. The molecule has 0 saturated heterocycles. The quantitative estimate of drug-likeness (QED) is 0.500. The highest BCUT2D eigenvalue weighted by Gasteiger charge is 2.33.